The van der Waals surface area contributed by atoms with E-state index in [0.29, 0.717) is 0 Å². The van der Waals surface area contributed by atoms with E-state index in [4.69, 9.17) is 23.2 Å². The zero-order chi connectivity index (χ0) is 8.10. The molecule has 0 aromatic heterocycles. The van der Waals surface area contributed by atoms with Crippen LogP contribution in [0.1, 0.15) is 5.56 Å². The number of hydrogen-bond acceptors (Lipinski definition) is 0. The van der Waals surface area contributed by atoms with Crippen molar-refractivity contribution in [3.05, 3.63) is 35.9 Å². The fraction of sp³-hybridized carbons (Fsp3) is 0.250. The average Bonchev–Trinajstić information content (AvgIpc) is 2.03. The van der Waals surface area contributed by atoms with E-state index >= 15 is 0 Å². The Bertz CT molecular complexity index is 199. The third-order valence-corrected chi connectivity index (χ3v) is 4.11. The van der Waals surface area contributed by atoms with Gasteiger partial charge in [-0.15, -0.1) is 23.2 Å². The van der Waals surface area contributed by atoms with Crippen LogP contribution >= 0.6 is 23.2 Å². The van der Waals surface area contributed by atoms with Gasteiger partial charge in [0.25, 0.3) is 0 Å². The summed E-state index contributed by atoms with van der Waals surface area (Å²) in [7, 11) is -0.321. The molecule has 0 aliphatic rings. The third-order valence-electron chi connectivity index (χ3n) is 1.49. The molecule has 0 atom stereocenters. The highest BCUT2D eigenvalue weighted by molar-refractivity contribution is 6.68. The first-order valence-corrected chi connectivity index (χ1v) is 6.30. The van der Waals surface area contributed by atoms with Gasteiger partial charge < -0.3 is 0 Å². The zero-order valence-electron chi connectivity index (χ0n) is 6.13. The Morgan fingerprint density at radius 1 is 1.18 bits per heavy atom. The summed E-state index contributed by atoms with van der Waals surface area (Å²) in [6, 6.07) is 11.4. The van der Waals surface area contributed by atoms with Gasteiger partial charge in [-0.1, -0.05) is 35.9 Å². The lowest BCUT2D eigenvalue weighted by atomic mass is 10.2. The molecule has 1 aromatic carbocycles. The fourth-order valence-corrected chi connectivity index (χ4v) is 2.46. The Labute approximate surface area is 79.3 Å². The van der Waals surface area contributed by atoms with Gasteiger partial charge in [-0.3, -0.25) is 0 Å². The van der Waals surface area contributed by atoms with Crippen molar-refractivity contribution in [1.29, 1.82) is 0 Å². The van der Waals surface area contributed by atoms with E-state index in [0.717, 1.165) is 6.04 Å². The molecule has 0 bridgehead atoms. The van der Waals surface area contributed by atoms with Gasteiger partial charge in [-0.25, -0.2) is 0 Å². The molecule has 1 rings (SSSR count). The maximum Gasteiger partial charge on any atom is 0.0911 e. The molecule has 11 heavy (non-hydrogen) atoms. The van der Waals surface area contributed by atoms with Crippen LogP contribution in [0.2, 0.25) is 0 Å². The van der Waals surface area contributed by atoms with Crippen molar-refractivity contribution in [3.8, 4) is 0 Å². The molecule has 0 radical (unpaired) electrons. The molecule has 0 heterocycles. The molecule has 3 heteroatoms. The minimum atomic E-state index is -0.321. The van der Waals surface area contributed by atoms with Crippen LogP contribution in [0.4, 0.5) is 0 Å². The van der Waals surface area contributed by atoms with Gasteiger partial charge in [-0.2, -0.15) is 0 Å². The van der Waals surface area contributed by atoms with Gasteiger partial charge >= 0.3 is 0 Å². The summed E-state index contributed by atoms with van der Waals surface area (Å²) in [4.78, 5) is 0. The molecule has 0 amide bonds. The number of hydrogen-bond donors (Lipinski definition) is 0. The largest absolute Gasteiger partial charge is 0.110 e. The SMILES string of the molecule is ClC(Cl)[SiH2]Cc1ccccc1. The molecule has 0 spiro atoms. The van der Waals surface area contributed by atoms with Gasteiger partial charge in [0.2, 0.25) is 0 Å². The summed E-state index contributed by atoms with van der Waals surface area (Å²) in [5.74, 6) is 0. The van der Waals surface area contributed by atoms with Crippen LogP contribution < -0.4 is 0 Å². The van der Waals surface area contributed by atoms with Crippen LogP contribution in [0.25, 0.3) is 0 Å². The van der Waals surface area contributed by atoms with E-state index in [-0.39, 0.29) is 14.0 Å². The molecule has 0 aliphatic heterocycles. The standard InChI is InChI=1S/C8H10Cl2Si/c9-8(10)11-6-7-4-2-1-3-5-7/h1-5,8H,6,11H2. The van der Waals surface area contributed by atoms with Crippen molar-refractivity contribution in [1.82, 2.24) is 0 Å². The monoisotopic (exact) mass is 204 g/mol. The Kier molecular flexibility index (Phi) is 3.98. The van der Waals surface area contributed by atoms with Gasteiger partial charge in [-0.05, 0) is 6.04 Å². The normalized spacial score (nSPS) is 11.5. The van der Waals surface area contributed by atoms with Gasteiger partial charge in [0, 0.05) is 0 Å². The Morgan fingerprint density at radius 3 is 2.36 bits per heavy atom. The lowest BCUT2D eigenvalue weighted by molar-refractivity contribution is 1.37. The molecule has 0 saturated carbocycles. The molecule has 0 saturated heterocycles. The van der Waals surface area contributed by atoms with Crippen LogP contribution in [-0.2, 0) is 6.04 Å². The minimum absolute atomic E-state index is 0.102. The molecular weight excluding hydrogens is 195 g/mol. The quantitative estimate of drug-likeness (QED) is 0.523. The second-order valence-corrected chi connectivity index (χ2v) is 6.62. The maximum absolute atomic E-state index is 5.65. The number of alkyl halides is 2. The fourth-order valence-electron chi connectivity index (χ4n) is 0.920. The van der Waals surface area contributed by atoms with E-state index < -0.39 is 0 Å². The van der Waals surface area contributed by atoms with E-state index in [2.05, 4.69) is 12.1 Å². The summed E-state index contributed by atoms with van der Waals surface area (Å²) in [6.45, 7) is 0. The highest BCUT2D eigenvalue weighted by Crippen LogP contribution is 2.04. The van der Waals surface area contributed by atoms with E-state index in [1.54, 1.807) is 0 Å². The highest BCUT2D eigenvalue weighted by atomic mass is 35.5. The van der Waals surface area contributed by atoms with Gasteiger partial charge in [0.05, 0.1) is 14.0 Å². The van der Waals surface area contributed by atoms with Gasteiger partial charge in [0.15, 0.2) is 0 Å². The molecule has 0 N–H and O–H groups in total. The van der Waals surface area contributed by atoms with Gasteiger partial charge in [0.1, 0.15) is 0 Å². The van der Waals surface area contributed by atoms with Crippen molar-refractivity contribution in [2.24, 2.45) is 0 Å². The molecular formula is C8H10Cl2Si. The number of benzene rings is 1. The zero-order valence-corrected chi connectivity index (χ0v) is 9.06. The summed E-state index contributed by atoms with van der Waals surface area (Å²) in [5.41, 5.74) is 1.35. The predicted octanol–water partition coefficient (Wildman–Crippen LogP) is 2.12. The second kappa shape index (κ2) is 4.81. The second-order valence-electron chi connectivity index (χ2n) is 2.42. The van der Waals surface area contributed by atoms with Crippen molar-refractivity contribution in [2.75, 3.05) is 0 Å². The molecule has 60 valence electrons. The first kappa shape index (κ1) is 9.11. The van der Waals surface area contributed by atoms with E-state index in [9.17, 15) is 0 Å². The van der Waals surface area contributed by atoms with E-state index in [1.165, 1.54) is 5.56 Å². The smallest absolute Gasteiger partial charge is 0.0911 e. The van der Waals surface area contributed by atoms with Crippen LogP contribution in [0.5, 0.6) is 0 Å². The maximum atomic E-state index is 5.65. The predicted molar refractivity (Wildman–Crippen MR) is 54.2 cm³/mol. The van der Waals surface area contributed by atoms with Crippen LogP contribution in [0.15, 0.2) is 30.3 Å². The van der Waals surface area contributed by atoms with Crippen molar-refractivity contribution in [2.45, 2.75) is 10.5 Å². The van der Waals surface area contributed by atoms with Crippen molar-refractivity contribution in [3.63, 3.8) is 0 Å². The van der Waals surface area contributed by atoms with Crippen LogP contribution in [-0.4, -0.2) is 14.0 Å². The van der Waals surface area contributed by atoms with Crippen molar-refractivity contribution < 1.29 is 0 Å². The van der Waals surface area contributed by atoms with Crippen molar-refractivity contribution >= 4 is 32.7 Å². The molecule has 0 unspecified atom stereocenters. The summed E-state index contributed by atoms with van der Waals surface area (Å²) in [5, 5.41) is 0. The number of rotatable bonds is 3. The lowest BCUT2D eigenvalue weighted by Crippen LogP contribution is -2.05. The molecule has 1 aromatic rings. The highest BCUT2D eigenvalue weighted by Gasteiger charge is 1.99. The Hall–Kier alpha value is 0.0169. The third kappa shape index (κ3) is 3.80. The molecule has 0 aliphatic carbocycles. The van der Waals surface area contributed by atoms with E-state index in [1.807, 2.05) is 18.2 Å². The van der Waals surface area contributed by atoms with Crippen LogP contribution in [0.3, 0.4) is 0 Å². The minimum Gasteiger partial charge on any atom is -0.110 e. The summed E-state index contributed by atoms with van der Waals surface area (Å²) < 4.78 is -0.102. The molecule has 0 fully saturated rings. The first-order valence-electron chi connectivity index (χ1n) is 3.61. The molecule has 0 nitrogen and oxygen atoms in total. The Balaban J connectivity index is 2.39. The summed E-state index contributed by atoms with van der Waals surface area (Å²) >= 11 is 11.3. The first-order chi connectivity index (χ1) is 5.29. The van der Waals surface area contributed by atoms with Crippen LogP contribution in [0, 0.1) is 0 Å². The lowest BCUT2D eigenvalue weighted by Gasteiger charge is -1.99. The summed E-state index contributed by atoms with van der Waals surface area (Å²) in [6.07, 6.45) is 0. The number of halogens is 2. The average molecular weight is 205 g/mol. The topological polar surface area (TPSA) is 0 Å². The Morgan fingerprint density at radius 2 is 1.82 bits per heavy atom.